The van der Waals surface area contributed by atoms with Gasteiger partial charge in [-0.15, -0.1) is 11.8 Å². The van der Waals surface area contributed by atoms with Gasteiger partial charge in [-0.25, -0.2) is 4.98 Å². The van der Waals surface area contributed by atoms with Crippen molar-refractivity contribution in [3.8, 4) is 0 Å². The molecule has 0 radical (unpaired) electrons. The summed E-state index contributed by atoms with van der Waals surface area (Å²) >= 11 is 3.72. The third kappa shape index (κ3) is 6.14. The van der Waals surface area contributed by atoms with Crippen molar-refractivity contribution in [3.05, 3.63) is 83.7 Å². The number of nitrogens with one attached hydrogen (secondary N) is 1. The van der Waals surface area contributed by atoms with Crippen LogP contribution in [0.2, 0.25) is 0 Å². The molecule has 0 aliphatic rings. The third-order valence-electron chi connectivity index (χ3n) is 5.38. The standard InChI is InChI=1S/C26H29N3S2/c1-2-21-24(19-31-26-28-22-14-8-9-15-23(22)29-26)27-17-16-25(21)30-18-10-4-7-13-20-11-5-3-6-12-20/h3,5-6,8-9,11-12,14-17H,2,4,7,10,13,18-19H2,1H3,(H,28,29). The van der Waals surface area contributed by atoms with Gasteiger partial charge in [-0.1, -0.05) is 67.6 Å². The lowest BCUT2D eigenvalue weighted by Crippen LogP contribution is -1.98. The Kier molecular flexibility index (Phi) is 8.08. The zero-order valence-electron chi connectivity index (χ0n) is 18.0. The molecular formula is C26H29N3S2. The van der Waals surface area contributed by atoms with Crippen molar-refractivity contribution >= 4 is 34.6 Å². The highest BCUT2D eigenvalue weighted by Crippen LogP contribution is 2.30. The molecule has 1 N–H and O–H groups in total. The van der Waals surface area contributed by atoms with Crippen molar-refractivity contribution in [1.82, 2.24) is 15.0 Å². The van der Waals surface area contributed by atoms with E-state index in [1.165, 1.54) is 53.2 Å². The maximum Gasteiger partial charge on any atom is 0.166 e. The second-order valence-electron chi connectivity index (χ2n) is 7.58. The van der Waals surface area contributed by atoms with Crippen LogP contribution < -0.4 is 0 Å². The Morgan fingerprint density at radius 2 is 1.71 bits per heavy atom. The molecule has 0 atom stereocenters. The van der Waals surface area contributed by atoms with E-state index in [9.17, 15) is 0 Å². The highest BCUT2D eigenvalue weighted by Gasteiger charge is 2.11. The van der Waals surface area contributed by atoms with Gasteiger partial charge in [0, 0.05) is 16.8 Å². The molecule has 0 unspecified atom stereocenters. The summed E-state index contributed by atoms with van der Waals surface area (Å²) in [4.78, 5) is 14.2. The average molecular weight is 448 g/mol. The number of aromatic nitrogens is 3. The molecule has 4 rings (SSSR count). The van der Waals surface area contributed by atoms with Crippen LogP contribution in [-0.4, -0.2) is 20.7 Å². The number of para-hydroxylation sites is 2. The third-order valence-corrected chi connectivity index (χ3v) is 7.45. The van der Waals surface area contributed by atoms with Crippen molar-refractivity contribution in [2.24, 2.45) is 0 Å². The molecule has 2 aromatic heterocycles. The number of unbranched alkanes of at least 4 members (excludes halogenated alkanes) is 2. The number of hydrogen-bond donors (Lipinski definition) is 1. The maximum atomic E-state index is 4.69. The Morgan fingerprint density at radius 1 is 0.871 bits per heavy atom. The Balaban J connectivity index is 1.28. The molecule has 0 aliphatic heterocycles. The van der Waals surface area contributed by atoms with Crippen molar-refractivity contribution in [3.63, 3.8) is 0 Å². The van der Waals surface area contributed by atoms with Crippen LogP contribution in [0.25, 0.3) is 11.0 Å². The van der Waals surface area contributed by atoms with Crippen LogP contribution in [0.1, 0.15) is 43.0 Å². The van der Waals surface area contributed by atoms with Gasteiger partial charge in [0.1, 0.15) is 0 Å². The van der Waals surface area contributed by atoms with E-state index < -0.39 is 0 Å². The molecule has 0 saturated carbocycles. The van der Waals surface area contributed by atoms with E-state index in [1.807, 2.05) is 36.2 Å². The van der Waals surface area contributed by atoms with Gasteiger partial charge in [0.05, 0.1) is 16.7 Å². The number of fused-ring (bicyclic) bond motifs is 1. The van der Waals surface area contributed by atoms with E-state index in [4.69, 9.17) is 4.98 Å². The Morgan fingerprint density at radius 3 is 2.55 bits per heavy atom. The quantitative estimate of drug-likeness (QED) is 0.193. The second-order valence-corrected chi connectivity index (χ2v) is 9.68. The number of H-pyrrole nitrogens is 1. The molecule has 0 bridgehead atoms. The van der Waals surface area contributed by atoms with Crippen LogP contribution in [-0.2, 0) is 18.6 Å². The highest BCUT2D eigenvalue weighted by atomic mass is 32.2. The molecule has 0 saturated heterocycles. The molecular weight excluding hydrogens is 418 g/mol. The summed E-state index contributed by atoms with van der Waals surface area (Å²) in [6, 6.07) is 21.2. The zero-order chi connectivity index (χ0) is 21.3. The van der Waals surface area contributed by atoms with Crippen molar-refractivity contribution in [2.75, 3.05) is 5.75 Å². The molecule has 2 heterocycles. The van der Waals surface area contributed by atoms with Crippen LogP contribution in [0.3, 0.4) is 0 Å². The number of hydrogen-bond acceptors (Lipinski definition) is 4. The summed E-state index contributed by atoms with van der Waals surface area (Å²) < 4.78 is 0. The lowest BCUT2D eigenvalue weighted by atomic mass is 10.1. The first kappa shape index (κ1) is 22.0. The molecule has 160 valence electrons. The van der Waals surface area contributed by atoms with E-state index >= 15 is 0 Å². The van der Waals surface area contributed by atoms with Crippen LogP contribution in [0.4, 0.5) is 0 Å². The van der Waals surface area contributed by atoms with Crippen LogP contribution in [0, 0.1) is 0 Å². The van der Waals surface area contributed by atoms with Gasteiger partial charge in [-0.05, 0) is 60.8 Å². The minimum Gasteiger partial charge on any atom is -0.333 e. The number of aromatic amines is 1. The first-order chi connectivity index (χ1) is 15.3. The molecule has 3 nitrogen and oxygen atoms in total. The first-order valence-corrected chi connectivity index (χ1v) is 13.0. The van der Waals surface area contributed by atoms with Gasteiger partial charge >= 0.3 is 0 Å². The number of benzene rings is 2. The van der Waals surface area contributed by atoms with Gasteiger partial charge in [0.15, 0.2) is 5.16 Å². The fourth-order valence-electron chi connectivity index (χ4n) is 3.72. The van der Waals surface area contributed by atoms with Crippen LogP contribution in [0.15, 0.2) is 76.9 Å². The van der Waals surface area contributed by atoms with E-state index in [2.05, 4.69) is 59.4 Å². The molecule has 4 aromatic rings. The molecule has 0 spiro atoms. The second kappa shape index (κ2) is 11.4. The van der Waals surface area contributed by atoms with Crippen molar-refractivity contribution in [1.29, 1.82) is 0 Å². The van der Waals surface area contributed by atoms with Gasteiger partial charge in [-0.2, -0.15) is 0 Å². The SMILES string of the molecule is CCc1c(SCCCCCc2ccccc2)ccnc1CSc1nc2ccccc2[nH]1. The summed E-state index contributed by atoms with van der Waals surface area (Å²) in [6.45, 7) is 2.23. The monoisotopic (exact) mass is 447 g/mol. The van der Waals surface area contributed by atoms with Crippen molar-refractivity contribution < 1.29 is 0 Å². The molecule has 0 amide bonds. The molecule has 5 heteroatoms. The van der Waals surface area contributed by atoms with Gasteiger partial charge < -0.3 is 4.98 Å². The molecule has 0 fully saturated rings. The fraction of sp³-hybridized carbons (Fsp3) is 0.308. The summed E-state index contributed by atoms with van der Waals surface area (Å²) in [5, 5.41) is 0.960. The highest BCUT2D eigenvalue weighted by molar-refractivity contribution is 7.99. The number of rotatable bonds is 11. The molecule has 31 heavy (non-hydrogen) atoms. The summed E-state index contributed by atoms with van der Waals surface area (Å²) in [6.07, 6.45) is 7.96. The zero-order valence-corrected chi connectivity index (χ0v) is 19.6. The van der Waals surface area contributed by atoms with Gasteiger partial charge in [0.25, 0.3) is 0 Å². The number of pyridine rings is 1. The number of nitrogens with zero attached hydrogens (tertiary/aromatic N) is 2. The average Bonchev–Trinajstić information content (AvgIpc) is 3.23. The summed E-state index contributed by atoms with van der Waals surface area (Å²) in [5.41, 5.74) is 6.13. The Labute approximate surface area is 193 Å². The predicted molar refractivity (Wildman–Crippen MR) is 134 cm³/mol. The van der Waals surface area contributed by atoms with Crippen molar-refractivity contribution in [2.45, 2.75) is 54.8 Å². The number of thioether (sulfide) groups is 2. The van der Waals surface area contributed by atoms with Crippen LogP contribution in [0.5, 0.6) is 0 Å². The maximum absolute atomic E-state index is 4.69. The summed E-state index contributed by atoms with van der Waals surface area (Å²) in [7, 11) is 0. The Bertz CT molecular complexity index is 1060. The molecule has 2 aromatic carbocycles. The van der Waals surface area contributed by atoms with E-state index in [-0.39, 0.29) is 0 Å². The minimum absolute atomic E-state index is 0.842. The van der Waals surface area contributed by atoms with E-state index in [0.29, 0.717) is 0 Å². The lowest BCUT2D eigenvalue weighted by molar-refractivity contribution is 0.722. The normalized spacial score (nSPS) is 11.3. The Hall–Kier alpha value is -2.24. The number of aryl methyl sites for hydroxylation is 1. The predicted octanol–water partition coefficient (Wildman–Crippen LogP) is 7.32. The first-order valence-electron chi connectivity index (χ1n) is 11.0. The van der Waals surface area contributed by atoms with E-state index in [0.717, 1.165) is 28.4 Å². The topological polar surface area (TPSA) is 41.6 Å². The van der Waals surface area contributed by atoms with E-state index in [1.54, 1.807) is 11.8 Å². The van der Waals surface area contributed by atoms with Gasteiger partial charge in [0.2, 0.25) is 0 Å². The minimum atomic E-state index is 0.842. The number of imidazole rings is 1. The van der Waals surface area contributed by atoms with Crippen LogP contribution >= 0.6 is 23.5 Å². The molecule has 0 aliphatic carbocycles. The van der Waals surface area contributed by atoms with Gasteiger partial charge in [-0.3, -0.25) is 4.98 Å². The smallest absolute Gasteiger partial charge is 0.166 e. The summed E-state index contributed by atoms with van der Waals surface area (Å²) in [5.74, 6) is 2.01. The fourth-order valence-corrected chi connectivity index (χ4v) is 5.75. The lowest BCUT2D eigenvalue weighted by Gasteiger charge is -2.12. The largest absolute Gasteiger partial charge is 0.333 e.